The van der Waals surface area contributed by atoms with E-state index in [9.17, 15) is 0 Å². The standard InChI is InChI=1S/C38H36N2/c1-29-17-23-35(24-18-29)39(33-12-5-3-6-13-33)36-25-19-31(20-26-36)32-21-27-37(28-22-32)40(34-14-7-4-8-15-34)38-16-10-9-11-30(38)2/h3-10,12-17,19-30H,11,18H2,1-2H3. The zero-order valence-corrected chi connectivity index (χ0v) is 23.3. The van der Waals surface area contributed by atoms with Crippen molar-refractivity contribution in [2.24, 2.45) is 11.8 Å². The van der Waals surface area contributed by atoms with Gasteiger partial charge in [0.2, 0.25) is 0 Å². The zero-order valence-electron chi connectivity index (χ0n) is 23.3. The van der Waals surface area contributed by atoms with Gasteiger partial charge in [-0.15, -0.1) is 0 Å². The van der Waals surface area contributed by atoms with Crippen molar-refractivity contribution in [1.29, 1.82) is 0 Å². The molecular formula is C38H36N2. The van der Waals surface area contributed by atoms with Gasteiger partial charge in [-0.1, -0.05) is 98.8 Å². The molecule has 2 atom stereocenters. The van der Waals surface area contributed by atoms with Gasteiger partial charge in [-0.3, -0.25) is 0 Å². The Hall–Kier alpha value is -4.56. The van der Waals surface area contributed by atoms with Crippen LogP contribution in [-0.2, 0) is 0 Å². The number of anilines is 4. The molecule has 4 aromatic carbocycles. The molecule has 0 heterocycles. The first kappa shape index (κ1) is 25.7. The van der Waals surface area contributed by atoms with Crippen molar-refractivity contribution in [3.05, 3.63) is 157 Å². The predicted octanol–water partition coefficient (Wildman–Crippen LogP) is 10.6. The Bertz CT molecular complexity index is 1540. The van der Waals surface area contributed by atoms with Gasteiger partial charge in [-0.05, 0) is 90.6 Å². The second-order valence-electron chi connectivity index (χ2n) is 10.8. The molecule has 0 spiro atoms. The van der Waals surface area contributed by atoms with Crippen LogP contribution in [0.3, 0.4) is 0 Å². The molecule has 2 heteroatoms. The molecule has 2 nitrogen and oxygen atoms in total. The number of rotatable bonds is 7. The highest BCUT2D eigenvalue weighted by atomic mass is 15.2. The van der Waals surface area contributed by atoms with Gasteiger partial charge in [0, 0.05) is 40.1 Å². The third-order valence-corrected chi connectivity index (χ3v) is 7.82. The van der Waals surface area contributed by atoms with Crippen LogP contribution >= 0.6 is 0 Å². The molecule has 198 valence electrons. The fraction of sp³-hybridized carbons (Fsp3) is 0.158. The second-order valence-corrected chi connectivity index (χ2v) is 10.8. The topological polar surface area (TPSA) is 6.48 Å². The van der Waals surface area contributed by atoms with Crippen molar-refractivity contribution in [2.45, 2.75) is 26.7 Å². The van der Waals surface area contributed by atoms with Crippen LogP contribution in [0.25, 0.3) is 11.1 Å². The molecule has 0 bridgehead atoms. The van der Waals surface area contributed by atoms with Gasteiger partial charge in [0.15, 0.2) is 0 Å². The lowest BCUT2D eigenvalue weighted by atomic mass is 9.96. The predicted molar refractivity (Wildman–Crippen MR) is 171 cm³/mol. The number of para-hydroxylation sites is 2. The van der Waals surface area contributed by atoms with Crippen LogP contribution in [0.2, 0.25) is 0 Å². The lowest BCUT2D eigenvalue weighted by Gasteiger charge is -2.32. The summed E-state index contributed by atoms with van der Waals surface area (Å²) in [6.45, 7) is 4.57. The highest BCUT2D eigenvalue weighted by molar-refractivity contribution is 5.76. The monoisotopic (exact) mass is 520 g/mol. The first-order chi connectivity index (χ1) is 19.7. The van der Waals surface area contributed by atoms with Gasteiger partial charge in [0.25, 0.3) is 0 Å². The SMILES string of the molecule is CC1C=CC(N(c2ccccc2)c2ccc(-c3ccc(N(C4=CC=CCC4C)c4ccccc4)cc3)cc2)=CC1. The van der Waals surface area contributed by atoms with Gasteiger partial charge in [0.1, 0.15) is 0 Å². The van der Waals surface area contributed by atoms with E-state index in [1.54, 1.807) is 0 Å². The molecule has 0 saturated heterocycles. The van der Waals surface area contributed by atoms with Crippen LogP contribution in [0, 0.1) is 11.8 Å². The zero-order chi connectivity index (χ0) is 27.3. The second kappa shape index (κ2) is 11.7. The van der Waals surface area contributed by atoms with Gasteiger partial charge < -0.3 is 9.80 Å². The largest absolute Gasteiger partial charge is 0.314 e. The van der Waals surface area contributed by atoms with Gasteiger partial charge in [0.05, 0.1) is 0 Å². The molecule has 4 aromatic rings. The van der Waals surface area contributed by atoms with E-state index in [2.05, 4.69) is 169 Å². The van der Waals surface area contributed by atoms with Crippen LogP contribution in [0.5, 0.6) is 0 Å². The van der Waals surface area contributed by atoms with E-state index in [4.69, 9.17) is 0 Å². The highest BCUT2D eigenvalue weighted by Crippen LogP contribution is 2.37. The van der Waals surface area contributed by atoms with E-state index >= 15 is 0 Å². The summed E-state index contributed by atoms with van der Waals surface area (Å²) < 4.78 is 0. The van der Waals surface area contributed by atoms with Crippen LogP contribution < -0.4 is 9.80 Å². The van der Waals surface area contributed by atoms with Crippen molar-refractivity contribution in [3.63, 3.8) is 0 Å². The Morgan fingerprint density at radius 2 is 1.10 bits per heavy atom. The molecule has 0 saturated carbocycles. The van der Waals surface area contributed by atoms with E-state index in [1.165, 1.54) is 45.3 Å². The highest BCUT2D eigenvalue weighted by Gasteiger charge is 2.21. The molecule has 2 aliphatic rings. The first-order valence-electron chi connectivity index (χ1n) is 14.3. The summed E-state index contributed by atoms with van der Waals surface area (Å²) in [6, 6.07) is 39.2. The summed E-state index contributed by atoms with van der Waals surface area (Å²) >= 11 is 0. The third kappa shape index (κ3) is 5.44. The Morgan fingerprint density at radius 3 is 1.62 bits per heavy atom. The van der Waals surface area contributed by atoms with Crippen molar-refractivity contribution < 1.29 is 0 Å². The van der Waals surface area contributed by atoms with E-state index in [0.717, 1.165) is 12.8 Å². The van der Waals surface area contributed by atoms with Crippen molar-refractivity contribution in [2.75, 3.05) is 9.80 Å². The quantitative estimate of drug-likeness (QED) is 0.239. The maximum Gasteiger partial charge on any atom is 0.0461 e. The van der Waals surface area contributed by atoms with E-state index < -0.39 is 0 Å². The van der Waals surface area contributed by atoms with Crippen molar-refractivity contribution >= 4 is 22.7 Å². The molecule has 0 aliphatic heterocycles. The molecule has 2 aliphatic carbocycles. The fourth-order valence-electron chi connectivity index (χ4n) is 5.57. The van der Waals surface area contributed by atoms with Crippen molar-refractivity contribution in [3.8, 4) is 11.1 Å². The van der Waals surface area contributed by atoms with Crippen LogP contribution in [0.15, 0.2) is 157 Å². The molecule has 0 radical (unpaired) electrons. The van der Waals surface area contributed by atoms with E-state index in [-0.39, 0.29) is 0 Å². The van der Waals surface area contributed by atoms with Crippen molar-refractivity contribution in [1.82, 2.24) is 0 Å². The molecule has 0 amide bonds. The minimum absolute atomic E-state index is 0.460. The van der Waals surface area contributed by atoms with Gasteiger partial charge in [-0.25, -0.2) is 0 Å². The molecule has 2 unspecified atom stereocenters. The minimum Gasteiger partial charge on any atom is -0.314 e. The average molecular weight is 521 g/mol. The third-order valence-electron chi connectivity index (χ3n) is 7.82. The molecule has 40 heavy (non-hydrogen) atoms. The number of hydrogen-bond donors (Lipinski definition) is 0. The Kier molecular flexibility index (Phi) is 7.50. The van der Waals surface area contributed by atoms with E-state index in [0.29, 0.717) is 11.8 Å². The van der Waals surface area contributed by atoms with Crippen LogP contribution in [0.4, 0.5) is 22.7 Å². The van der Waals surface area contributed by atoms with Gasteiger partial charge >= 0.3 is 0 Å². The van der Waals surface area contributed by atoms with Crippen LogP contribution in [0.1, 0.15) is 26.7 Å². The number of hydrogen-bond acceptors (Lipinski definition) is 2. The van der Waals surface area contributed by atoms with Crippen LogP contribution in [-0.4, -0.2) is 0 Å². The number of nitrogens with zero attached hydrogens (tertiary/aromatic N) is 2. The fourth-order valence-corrected chi connectivity index (χ4v) is 5.57. The molecule has 0 fully saturated rings. The summed E-state index contributed by atoms with van der Waals surface area (Å²) in [7, 11) is 0. The summed E-state index contributed by atoms with van der Waals surface area (Å²) in [5, 5.41) is 0. The molecule has 6 rings (SSSR count). The molecule has 0 N–H and O–H groups in total. The lowest BCUT2D eigenvalue weighted by molar-refractivity contribution is 0.670. The maximum atomic E-state index is 2.39. The average Bonchev–Trinajstić information content (AvgIpc) is 3.01. The summed E-state index contributed by atoms with van der Waals surface area (Å²) in [5.74, 6) is 1.04. The Labute approximate surface area is 238 Å². The van der Waals surface area contributed by atoms with E-state index in [1.807, 2.05) is 0 Å². The summed E-state index contributed by atoms with van der Waals surface area (Å²) in [6.07, 6.45) is 15.7. The number of benzene rings is 4. The first-order valence-corrected chi connectivity index (χ1v) is 14.3. The van der Waals surface area contributed by atoms with Gasteiger partial charge in [-0.2, -0.15) is 0 Å². The maximum absolute atomic E-state index is 2.39. The molecule has 0 aromatic heterocycles. The number of allylic oxidation sites excluding steroid dienone is 7. The summed E-state index contributed by atoms with van der Waals surface area (Å²) in [4.78, 5) is 4.74. The lowest BCUT2D eigenvalue weighted by Crippen LogP contribution is -2.22. The smallest absolute Gasteiger partial charge is 0.0461 e. The summed E-state index contributed by atoms with van der Waals surface area (Å²) in [5.41, 5.74) is 9.69. The Balaban J connectivity index is 1.30. The minimum atomic E-state index is 0.460. The Morgan fingerprint density at radius 1 is 0.575 bits per heavy atom. The normalized spacial score (nSPS) is 18.1. The molecular weight excluding hydrogens is 484 g/mol.